The molecule has 4 N–H and O–H groups in total. The van der Waals surface area contributed by atoms with Gasteiger partial charge < -0.3 is 10.8 Å². The van der Waals surface area contributed by atoms with Crippen molar-refractivity contribution >= 4 is 15.7 Å². The highest BCUT2D eigenvalue weighted by Gasteiger charge is 2.29. The fraction of sp³-hybridized carbons (Fsp3) is 0.400. The summed E-state index contributed by atoms with van der Waals surface area (Å²) < 4.78 is 52.3. The molecule has 1 aromatic carbocycles. The maximum Gasteiger partial charge on any atom is 0.244 e. The van der Waals surface area contributed by atoms with E-state index in [1.165, 1.54) is 13.8 Å². The third-order valence-electron chi connectivity index (χ3n) is 2.19. The molecule has 0 saturated carbocycles. The number of anilines is 1. The molecule has 0 atom stereocenters. The zero-order chi connectivity index (χ0) is 14.1. The molecule has 0 bridgehead atoms. The molecular weight excluding hydrogens is 266 g/mol. The van der Waals surface area contributed by atoms with E-state index in [4.69, 9.17) is 10.8 Å². The summed E-state index contributed by atoms with van der Waals surface area (Å²) in [5.74, 6) is -2.39. The Kier molecular flexibility index (Phi) is 3.94. The quantitative estimate of drug-likeness (QED) is 0.704. The lowest BCUT2D eigenvalue weighted by Crippen LogP contribution is -2.46. The Morgan fingerprint density at radius 1 is 1.39 bits per heavy atom. The minimum absolute atomic E-state index is 0.482. The van der Waals surface area contributed by atoms with Crippen molar-refractivity contribution in [2.75, 3.05) is 12.3 Å². The van der Waals surface area contributed by atoms with Crippen LogP contribution in [0.4, 0.5) is 14.5 Å². The fourth-order valence-electron chi connectivity index (χ4n) is 1.21. The lowest BCUT2D eigenvalue weighted by atomic mass is 10.1. The predicted octanol–water partition coefficient (Wildman–Crippen LogP) is 0.596. The number of nitrogens with two attached hydrogens (primary N) is 1. The standard InChI is InChI=1S/C10H14F2N2O3S/c1-10(2,5-15)14-18(16,17)7-4-3-6(11)9(13)8(7)12/h3-4,14-15H,5,13H2,1-2H3. The summed E-state index contributed by atoms with van der Waals surface area (Å²) in [6, 6.07) is 1.54. The van der Waals surface area contributed by atoms with E-state index in [1.807, 2.05) is 0 Å². The molecule has 0 saturated heterocycles. The number of hydrogen-bond acceptors (Lipinski definition) is 4. The number of halogens is 2. The highest BCUT2D eigenvalue weighted by molar-refractivity contribution is 7.89. The topological polar surface area (TPSA) is 92.4 Å². The van der Waals surface area contributed by atoms with Gasteiger partial charge in [-0.1, -0.05) is 0 Å². The van der Waals surface area contributed by atoms with E-state index >= 15 is 0 Å². The molecule has 102 valence electrons. The van der Waals surface area contributed by atoms with Crippen LogP contribution in [0.25, 0.3) is 0 Å². The number of nitrogen functional groups attached to an aromatic ring is 1. The van der Waals surface area contributed by atoms with Crippen LogP contribution in [-0.4, -0.2) is 25.7 Å². The number of benzene rings is 1. The summed E-state index contributed by atoms with van der Waals surface area (Å²) in [4.78, 5) is -0.761. The van der Waals surface area contributed by atoms with Crippen LogP contribution in [-0.2, 0) is 10.0 Å². The summed E-state index contributed by atoms with van der Waals surface area (Å²) in [7, 11) is -4.23. The normalized spacial score (nSPS) is 12.7. The first-order chi connectivity index (χ1) is 8.10. The van der Waals surface area contributed by atoms with Gasteiger partial charge >= 0.3 is 0 Å². The Hall–Kier alpha value is -1.25. The average molecular weight is 280 g/mol. The van der Waals surface area contributed by atoms with Crippen LogP contribution >= 0.6 is 0 Å². The van der Waals surface area contributed by atoms with E-state index in [0.717, 1.165) is 12.1 Å². The van der Waals surface area contributed by atoms with Crippen molar-refractivity contribution in [3.63, 3.8) is 0 Å². The Balaban J connectivity index is 3.27. The van der Waals surface area contributed by atoms with Gasteiger partial charge in [0.2, 0.25) is 10.0 Å². The molecule has 18 heavy (non-hydrogen) atoms. The van der Waals surface area contributed by atoms with Crippen LogP contribution in [0.1, 0.15) is 13.8 Å². The Morgan fingerprint density at radius 2 is 1.94 bits per heavy atom. The Morgan fingerprint density at radius 3 is 2.44 bits per heavy atom. The van der Waals surface area contributed by atoms with Crippen LogP contribution in [0.3, 0.4) is 0 Å². The lowest BCUT2D eigenvalue weighted by molar-refractivity contribution is 0.208. The van der Waals surface area contributed by atoms with Crippen molar-refractivity contribution < 1.29 is 22.3 Å². The van der Waals surface area contributed by atoms with Gasteiger partial charge in [-0.05, 0) is 26.0 Å². The van der Waals surface area contributed by atoms with Crippen LogP contribution in [0, 0.1) is 11.6 Å². The zero-order valence-electron chi connectivity index (χ0n) is 9.87. The first kappa shape index (κ1) is 14.8. The number of rotatable bonds is 4. The molecule has 8 heteroatoms. The second kappa shape index (κ2) is 4.79. The smallest absolute Gasteiger partial charge is 0.244 e. The number of nitrogens with one attached hydrogen (secondary N) is 1. The largest absolute Gasteiger partial charge is 0.394 e. The number of hydrogen-bond donors (Lipinski definition) is 3. The number of aliphatic hydroxyl groups is 1. The van der Waals surface area contributed by atoms with E-state index in [2.05, 4.69) is 4.72 Å². The molecule has 0 aromatic heterocycles. The molecule has 0 aliphatic carbocycles. The van der Waals surface area contributed by atoms with Gasteiger partial charge in [-0.2, -0.15) is 0 Å². The number of sulfonamides is 1. The van der Waals surface area contributed by atoms with Gasteiger partial charge in [0.15, 0.2) is 5.82 Å². The zero-order valence-corrected chi connectivity index (χ0v) is 10.7. The van der Waals surface area contributed by atoms with Gasteiger partial charge in [-0.25, -0.2) is 21.9 Å². The monoisotopic (exact) mass is 280 g/mol. The second-order valence-electron chi connectivity index (χ2n) is 4.42. The number of aliphatic hydroxyl groups excluding tert-OH is 1. The Labute approximate surface area is 104 Å². The lowest BCUT2D eigenvalue weighted by Gasteiger charge is -2.23. The molecule has 0 amide bonds. The van der Waals surface area contributed by atoms with Crippen molar-refractivity contribution in [3.8, 4) is 0 Å². The molecule has 0 heterocycles. The van der Waals surface area contributed by atoms with Crippen molar-refractivity contribution in [1.29, 1.82) is 0 Å². The van der Waals surface area contributed by atoms with Crippen LogP contribution in [0.2, 0.25) is 0 Å². The van der Waals surface area contributed by atoms with Gasteiger partial charge in [-0.3, -0.25) is 0 Å². The maximum atomic E-state index is 13.6. The Bertz CT molecular complexity index is 558. The molecule has 5 nitrogen and oxygen atoms in total. The summed E-state index contributed by atoms with van der Waals surface area (Å²) in [5.41, 5.74) is 3.05. The van der Waals surface area contributed by atoms with Gasteiger partial charge in [0.05, 0.1) is 12.1 Å². The summed E-state index contributed by atoms with van der Waals surface area (Å²) >= 11 is 0. The molecule has 0 spiro atoms. The van der Waals surface area contributed by atoms with Gasteiger partial charge in [0, 0.05) is 0 Å². The molecule has 0 unspecified atom stereocenters. The molecule has 0 aliphatic rings. The van der Waals surface area contributed by atoms with Crippen LogP contribution < -0.4 is 10.5 Å². The van der Waals surface area contributed by atoms with E-state index in [9.17, 15) is 17.2 Å². The van der Waals surface area contributed by atoms with E-state index in [-0.39, 0.29) is 0 Å². The first-order valence-electron chi connectivity index (χ1n) is 4.99. The molecule has 0 radical (unpaired) electrons. The SMILES string of the molecule is CC(C)(CO)NS(=O)(=O)c1ccc(F)c(N)c1F. The fourth-order valence-corrected chi connectivity index (χ4v) is 2.70. The predicted molar refractivity (Wildman–Crippen MR) is 62.3 cm³/mol. The minimum Gasteiger partial charge on any atom is -0.394 e. The van der Waals surface area contributed by atoms with Gasteiger partial charge in [0.25, 0.3) is 0 Å². The van der Waals surface area contributed by atoms with Crippen molar-refractivity contribution in [3.05, 3.63) is 23.8 Å². The third kappa shape index (κ3) is 2.95. The second-order valence-corrected chi connectivity index (χ2v) is 6.07. The van der Waals surface area contributed by atoms with E-state index < -0.39 is 44.4 Å². The van der Waals surface area contributed by atoms with Gasteiger partial charge in [0.1, 0.15) is 16.4 Å². The highest BCUT2D eigenvalue weighted by Crippen LogP contribution is 2.23. The van der Waals surface area contributed by atoms with Gasteiger partial charge in [-0.15, -0.1) is 0 Å². The molecule has 0 fully saturated rings. The third-order valence-corrected chi connectivity index (χ3v) is 3.90. The molecule has 1 aromatic rings. The summed E-state index contributed by atoms with van der Waals surface area (Å²) in [6.45, 7) is 2.34. The van der Waals surface area contributed by atoms with Crippen molar-refractivity contribution in [2.24, 2.45) is 0 Å². The van der Waals surface area contributed by atoms with Crippen LogP contribution in [0.5, 0.6) is 0 Å². The summed E-state index contributed by atoms with van der Waals surface area (Å²) in [6.07, 6.45) is 0. The average Bonchev–Trinajstić information content (AvgIpc) is 2.24. The molecular formula is C10H14F2N2O3S. The first-order valence-corrected chi connectivity index (χ1v) is 6.47. The van der Waals surface area contributed by atoms with Crippen molar-refractivity contribution in [1.82, 2.24) is 4.72 Å². The summed E-state index contributed by atoms with van der Waals surface area (Å²) in [5, 5.41) is 8.97. The van der Waals surface area contributed by atoms with E-state index in [0.29, 0.717) is 0 Å². The highest BCUT2D eigenvalue weighted by atomic mass is 32.2. The van der Waals surface area contributed by atoms with Crippen LogP contribution in [0.15, 0.2) is 17.0 Å². The maximum absolute atomic E-state index is 13.6. The van der Waals surface area contributed by atoms with Crippen molar-refractivity contribution in [2.45, 2.75) is 24.3 Å². The van der Waals surface area contributed by atoms with E-state index in [1.54, 1.807) is 0 Å². The molecule has 0 aliphatic heterocycles. The minimum atomic E-state index is -4.23. The molecule has 1 rings (SSSR count).